The Balaban J connectivity index is 2.06. The van der Waals surface area contributed by atoms with Crippen LogP contribution in [0, 0.1) is 0 Å². The van der Waals surface area contributed by atoms with Gasteiger partial charge in [0.1, 0.15) is 0 Å². The lowest BCUT2D eigenvalue weighted by Crippen LogP contribution is -1.90. The molecule has 1 aromatic carbocycles. The number of hydrogen-bond donors (Lipinski definition) is 1. The van der Waals surface area contributed by atoms with Crippen molar-refractivity contribution < 1.29 is 4.42 Å². The van der Waals surface area contributed by atoms with Gasteiger partial charge in [-0.05, 0) is 25.0 Å². The molecule has 1 aliphatic carbocycles. The number of benzene rings is 1. The van der Waals surface area contributed by atoms with Gasteiger partial charge >= 0.3 is 0 Å². The van der Waals surface area contributed by atoms with E-state index in [2.05, 4.69) is 10.2 Å². The average Bonchev–Trinajstić information content (AvgIpc) is 2.99. The molecule has 82 valence electrons. The van der Waals surface area contributed by atoms with Gasteiger partial charge in [-0.15, -0.1) is 10.2 Å². The van der Waals surface area contributed by atoms with Crippen LogP contribution in [-0.4, -0.2) is 10.2 Å². The predicted octanol–water partition coefficient (Wildman–Crippen LogP) is 2.85. The van der Waals surface area contributed by atoms with Crippen LogP contribution < -0.4 is 5.73 Å². The van der Waals surface area contributed by atoms with Gasteiger partial charge in [-0.1, -0.05) is 17.7 Å². The van der Waals surface area contributed by atoms with Crippen molar-refractivity contribution in [3.05, 3.63) is 29.1 Å². The van der Waals surface area contributed by atoms with E-state index in [1.54, 1.807) is 18.2 Å². The van der Waals surface area contributed by atoms with Gasteiger partial charge in [0.25, 0.3) is 5.89 Å². The fourth-order valence-electron chi connectivity index (χ4n) is 1.60. The van der Waals surface area contributed by atoms with Crippen molar-refractivity contribution in [3.63, 3.8) is 0 Å². The molecule has 1 heterocycles. The van der Waals surface area contributed by atoms with Gasteiger partial charge < -0.3 is 10.2 Å². The molecule has 0 atom stereocenters. The molecule has 1 aliphatic rings. The van der Waals surface area contributed by atoms with Crippen molar-refractivity contribution in [1.29, 1.82) is 0 Å². The summed E-state index contributed by atoms with van der Waals surface area (Å²) in [7, 11) is 0. The highest BCUT2D eigenvalue weighted by molar-refractivity contribution is 6.33. The average molecular weight is 236 g/mol. The minimum Gasteiger partial charge on any atom is -0.420 e. The zero-order chi connectivity index (χ0) is 11.1. The van der Waals surface area contributed by atoms with Crippen LogP contribution in [0.5, 0.6) is 0 Å². The molecule has 1 aromatic heterocycles. The number of nitrogen functional groups attached to an aromatic ring is 1. The van der Waals surface area contributed by atoms with Crippen LogP contribution in [0.3, 0.4) is 0 Å². The zero-order valence-electron chi connectivity index (χ0n) is 8.48. The van der Waals surface area contributed by atoms with Gasteiger partial charge in [0.05, 0.1) is 10.6 Å². The van der Waals surface area contributed by atoms with Crippen LogP contribution in [0.25, 0.3) is 11.5 Å². The predicted molar refractivity (Wildman–Crippen MR) is 61.1 cm³/mol. The van der Waals surface area contributed by atoms with E-state index in [0.29, 0.717) is 34.0 Å². The lowest BCUT2D eigenvalue weighted by atomic mass is 10.2. The van der Waals surface area contributed by atoms with Gasteiger partial charge in [0.15, 0.2) is 0 Å². The van der Waals surface area contributed by atoms with Gasteiger partial charge in [0.2, 0.25) is 5.89 Å². The van der Waals surface area contributed by atoms with Crippen molar-refractivity contribution in [2.75, 3.05) is 5.73 Å². The number of hydrogen-bond acceptors (Lipinski definition) is 4. The fourth-order valence-corrected chi connectivity index (χ4v) is 1.86. The molecule has 0 saturated heterocycles. The van der Waals surface area contributed by atoms with E-state index in [4.69, 9.17) is 21.8 Å². The molecular formula is C11H10ClN3O. The Hall–Kier alpha value is -1.55. The van der Waals surface area contributed by atoms with E-state index in [0.717, 1.165) is 12.8 Å². The summed E-state index contributed by atoms with van der Waals surface area (Å²) in [6, 6.07) is 5.32. The summed E-state index contributed by atoms with van der Waals surface area (Å²) in [5.74, 6) is 1.53. The first-order chi connectivity index (χ1) is 7.75. The molecule has 0 radical (unpaired) electrons. The number of halogens is 1. The van der Waals surface area contributed by atoms with E-state index >= 15 is 0 Å². The molecule has 0 unspecified atom stereocenters. The zero-order valence-corrected chi connectivity index (χ0v) is 9.24. The summed E-state index contributed by atoms with van der Waals surface area (Å²) in [6.07, 6.45) is 2.25. The second-order valence-electron chi connectivity index (χ2n) is 3.92. The van der Waals surface area contributed by atoms with Gasteiger partial charge in [-0.25, -0.2) is 0 Å². The highest BCUT2D eigenvalue weighted by Crippen LogP contribution is 2.41. The molecule has 2 aromatic rings. The maximum absolute atomic E-state index is 6.06. The summed E-state index contributed by atoms with van der Waals surface area (Å²) in [5.41, 5.74) is 7.02. The number of nitrogens with two attached hydrogens (primary N) is 1. The number of anilines is 1. The Labute approximate surface area is 97.4 Å². The van der Waals surface area contributed by atoms with Crippen LogP contribution in [0.1, 0.15) is 24.7 Å². The normalized spacial score (nSPS) is 15.3. The van der Waals surface area contributed by atoms with Crippen LogP contribution in [-0.2, 0) is 0 Å². The van der Waals surface area contributed by atoms with Crippen molar-refractivity contribution in [2.45, 2.75) is 18.8 Å². The first-order valence-corrected chi connectivity index (χ1v) is 5.51. The molecule has 0 bridgehead atoms. The van der Waals surface area contributed by atoms with Crippen LogP contribution in [0.15, 0.2) is 22.6 Å². The van der Waals surface area contributed by atoms with E-state index < -0.39 is 0 Å². The van der Waals surface area contributed by atoms with Crippen molar-refractivity contribution in [2.24, 2.45) is 0 Å². The quantitative estimate of drug-likeness (QED) is 0.813. The third kappa shape index (κ3) is 1.55. The Bertz CT molecular complexity index is 514. The maximum atomic E-state index is 6.06. The third-order valence-corrected chi connectivity index (χ3v) is 2.94. The molecule has 0 amide bonds. The minimum atomic E-state index is 0.407. The number of aromatic nitrogens is 2. The van der Waals surface area contributed by atoms with Crippen LogP contribution in [0.4, 0.5) is 5.69 Å². The lowest BCUT2D eigenvalue weighted by Gasteiger charge is -2.02. The molecule has 5 heteroatoms. The summed E-state index contributed by atoms with van der Waals surface area (Å²) in [6.45, 7) is 0. The van der Waals surface area contributed by atoms with Crippen LogP contribution in [0.2, 0.25) is 5.02 Å². The molecule has 2 N–H and O–H groups in total. The molecular weight excluding hydrogens is 226 g/mol. The molecule has 16 heavy (non-hydrogen) atoms. The summed E-state index contributed by atoms with van der Waals surface area (Å²) in [4.78, 5) is 0. The standard InChI is InChI=1S/C11H10ClN3O/c12-7-2-1-3-8(13)9(7)11-15-14-10(16-11)6-4-5-6/h1-3,6H,4-5,13H2. The molecule has 1 fully saturated rings. The highest BCUT2D eigenvalue weighted by atomic mass is 35.5. The molecule has 0 spiro atoms. The summed E-state index contributed by atoms with van der Waals surface area (Å²) in [5, 5.41) is 8.53. The Morgan fingerprint density at radius 1 is 1.31 bits per heavy atom. The van der Waals surface area contributed by atoms with Gasteiger partial charge in [-0.2, -0.15) is 0 Å². The third-order valence-electron chi connectivity index (χ3n) is 2.63. The van der Waals surface area contributed by atoms with E-state index in [-0.39, 0.29) is 0 Å². The van der Waals surface area contributed by atoms with Crippen molar-refractivity contribution in [1.82, 2.24) is 10.2 Å². The van der Waals surface area contributed by atoms with E-state index in [1.807, 2.05) is 0 Å². The highest BCUT2D eigenvalue weighted by Gasteiger charge is 2.30. The summed E-state index contributed by atoms with van der Waals surface area (Å²) >= 11 is 6.06. The van der Waals surface area contributed by atoms with Gasteiger partial charge in [0, 0.05) is 11.6 Å². The monoisotopic (exact) mass is 235 g/mol. The first kappa shape index (κ1) is 9.66. The Kier molecular flexibility index (Phi) is 2.11. The van der Waals surface area contributed by atoms with Gasteiger partial charge in [-0.3, -0.25) is 0 Å². The molecule has 1 saturated carbocycles. The first-order valence-electron chi connectivity index (χ1n) is 5.13. The smallest absolute Gasteiger partial charge is 0.251 e. The second kappa shape index (κ2) is 3.49. The fraction of sp³-hybridized carbons (Fsp3) is 0.273. The largest absolute Gasteiger partial charge is 0.420 e. The van der Waals surface area contributed by atoms with E-state index in [1.165, 1.54) is 0 Å². The van der Waals surface area contributed by atoms with Crippen molar-refractivity contribution >= 4 is 17.3 Å². The minimum absolute atomic E-state index is 0.407. The molecule has 4 nitrogen and oxygen atoms in total. The SMILES string of the molecule is Nc1cccc(Cl)c1-c1nnc(C2CC2)o1. The van der Waals surface area contributed by atoms with E-state index in [9.17, 15) is 0 Å². The Morgan fingerprint density at radius 3 is 2.81 bits per heavy atom. The number of rotatable bonds is 2. The maximum Gasteiger partial charge on any atom is 0.251 e. The second-order valence-corrected chi connectivity index (χ2v) is 4.33. The van der Waals surface area contributed by atoms with Crippen molar-refractivity contribution in [3.8, 4) is 11.5 Å². The number of nitrogens with zero attached hydrogens (tertiary/aromatic N) is 2. The molecule has 0 aliphatic heterocycles. The molecule has 3 rings (SSSR count). The van der Waals surface area contributed by atoms with Crippen LogP contribution >= 0.6 is 11.6 Å². The lowest BCUT2D eigenvalue weighted by molar-refractivity contribution is 0.508. The summed E-state index contributed by atoms with van der Waals surface area (Å²) < 4.78 is 5.57. The topological polar surface area (TPSA) is 64.9 Å². The Morgan fingerprint density at radius 2 is 2.12 bits per heavy atom.